The fourth-order valence-corrected chi connectivity index (χ4v) is 3.23. The van der Waals surface area contributed by atoms with E-state index in [1.165, 1.54) is 0 Å². The van der Waals surface area contributed by atoms with Gasteiger partial charge in [-0.3, -0.25) is 4.79 Å². The highest BCUT2D eigenvalue weighted by atomic mass is 35.5. The Morgan fingerprint density at radius 3 is 2.62 bits per heavy atom. The normalized spacial score (nSPS) is 20.2. The van der Waals surface area contributed by atoms with E-state index >= 15 is 0 Å². The Balaban J connectivity index is 0.00000288. The van der Waals surface area contributed by atoms with Crippen LogP contribution in [0.1, 0.15) is 31.7 Å². The molecule has 1 heterocycles. The van der Waals surface area contributed by atoms with Gasteiger partial charge >= 0.3 is 0 Å². The molecule has 0 radical (unpaired) electrons. The van der Waals surface area contributed by atoms with Crippen molar-refractivity contribution in [1.29, 1.82) is 0 Å². The standard InChI is InChI=1S/C18H28N2O3.ClH/c1-13-8-9-20(15(10-13)12-19)18(21)7-5-14-4-6-16(22-2)17(11-14)23-3;/h4,6,11,13,15H,5,7-10,12,19H2,1-3H3;1H. The second kappa shape index (κ2) is 9.74. The number of benzene rings is 1. The smallest absolute Gasteiger partial charge is 0.223 e. The van der Waals surface area contributed by atoms with Gasteiger partial charge in [0.25, 0.3) is 0 Å². The summed E-state index contributed by atoms with van der Waals surface area (Å²) in [7, 11) is 3.24. The van der Waals surface area contributed by atoms with Crippen molar-refractivity contribution < 1.29 is 14.3 Å². The number of hydrogen-bond donors (Lipinski definition) is 1. The van der Waals surface area contributed by atoms with E-state index in [4.69, 9.17) is 15.2 Å². The van der Waals surface area contributed by atoms with Crippen molar-refractivity contribution in [2.75, 3.05) is 27.3 Å². The van der Waals surface area contributed by atoms with E-state index in [0.29, 0.717) is 36.8 Å². The van der Waals surface area contributed by atoms with Crippen LogP contribution in [0.4, 0.5) is 0 Å². The number of carbonyl (C=O) groups excluding carboxylic acids is 1. The number of piperidine rings is 1. The molecule has 136 valence electrons. The lowest BCUT2D eigenvalue weighted by Crippen LogP contribution is -2.49. The number of ether oxygens (including phenoxy) is 2. The molecule has 1 amide bonds. The van der Waals surface area contributed by atoms with Crippen molar-refractivity contribution in [2.45, 2.75) is 38.6 Å². The first-order valence-electron chi connectivity index (χ1n) is 8.29. The third kappa shape index (κ3) is 5.02. The molecular formula is C18H29ClN2O3. The lowest BCUT2D eigenvalue weighted by molar-refractivity contribution is -0.135. The summed E-state index contributed by atoms with van der Waals surface area (Å²) in [6.07, 6.45) is 3.28. The van der Waals surface area contributed by atoms with Gasteiger partial charge in [0.1, 0.15) is 0 Å². The van der Waals surface area contributed by atoms with Gasteiger partial charge in [-0.25, -0.2) is 0 Å². The number of aryl methyl sites for hydroxylation is 1. The van der Waals surface area contributed by atoms with E-state index in [1.54, 1.807) is 14.2 Å². The minimum atomic E-state index is 0. The first kappa shape index (κ1) is 20.6. The molecule has 0 aliphatic carbocycles. The van der Waals surface area contributed by atoms with Gasteiger partial charge in [0, 0.05) is 25.6 Å². The number of halogens is 1. The first-order valence-corrected chi connectivity index (χ1v) is 8.29. The molecule has 1 saturated heterocycles. The van der Waals surface area contributed by atoms with E-state index in [-0.39, 0.29) is 24.4 Å². The van der Waals surface area contributed by atoms with E-state index in [0.717, 1.165) is 24.9 Å². The molecule has 5 nitrogen and oxygen atoms in total. The van der Waals surface area contributed by atoms with Gasteiger partial charge in [-0.2, -0.15) is 0 Å². The summed E-state index contributed by atoms with van der Waals surface area (Å²) in [6.45, 7) is 3.61. The summed E-state index contributed by atoms with van der Waals surface area (Å²) in [4.78, 5) is 14.5. The molecule has 0 bridgehead atoms. The van der Waals surface area contributed by atoms with Crippen molar-refractivity contribution in [3.63, 3.8) is 0 Å². The zero-order valence-electron chi connectivity index (χ0n) is 14.8. The second-order valence-electron chi connectivity index (χ2n) is 6.30. The van der Waals surface area contributed by atoms with Crippen LogP contribution in [-0.2, 0) is 11.2 Å². The maximum atomic E-state index is 12.5. The predicted molar refractivity (Wildman–Crippen MR) is 98.1 cm³/mol. The van der Waals surface area contributed by atoms with Crippen molar-refractivity contribution in [3.05, 3.63) is 23.8 Å². The number of amides is 1. The van der Waals surface area contributed by atoms with Gasteiger partial charge in [-0.1, -0.05) is 13.0 Å². The molecule has 2 atom stereocenters. The summed E-state index contributed by atoms with van der Waals surface area (Å²) in [5, 5.41) is 0. The number of nitrogens with two attached hydrogens (primary N) is 1. The van der Waals surface area contributed by atoms with E-state index in [1.807, 2.05) is 23.1 Å². The predicted octanol–water partition coefficient (Wildman–Crippen LogP) is 2.64. The zero-order chi connectivity index (χ0) is 16.8. The van der Waals surface area contributed by atoms with E-state index in [9.17, 15) is 4.79 Å². The monoisotopic (exact) mass is 356 g/mol. The summed E-state index contributed by atoms with van der Waals surface area (Å²) < 4.78 is 10.5. The van der Waals surface area contributed by atoms with Gasteiger partial charge in [-0.05, 0) is 42.9 Å². The lowest BCUT2D eigenvalue weighted by atomic mass is 9.92. The Bertz CT molecular complexity index is 539. The summed E-state index contributed by atoms with van der Waals surface area (Å²) in [6, 6.07) is 5.99. The largest absolute Gasteiger partial charge is 0.493 e. The van der Waals surface area contributed by atoms with Gasteiger partial charge in [-0.15, -0.1) is 12.4 Å². The molecule has 0 aromatic heterocycles. The van der Waals surface area contributed by atoms with Crippen LogP contribution in [0.3, 0.4) is 0 Å². The van der Waals surface area contributed by atoms with Crippen LogP contribution < -0.4 is 15.2 Å². The highest BCUT2D eigenvalue weighted by Gasteiger charge is 2.28. The Morgan fingerprint density at radius 2 is 2.00 bits per heavy atom. The van der Waals surface area contributed by atoms with Crippen LogP contribution in [-0.4, -0.2) is 44.2 Å². The number of methoxy groups -OCH3 is 2. The fraction of sp³-hybridized carbons (Fsp3) is 0.611. The Kier molecular flexibility index (Phi) is 8.36. The number of nitrogens with zero attached hydrogens (tertiary/aromatic N) is 1. The third-order valence-corrected chi connectivity index (χ3v) is 4.65. The Labute approximate surface area is 150 Å². The van der Waals surface area contributed by atoms with Crippen LogP contribution in [0.2, 0.25) is 0 Å². The van der Waals surface area contributed by atoms with Crippen LogP contribution in [0.5, 0.6) is 11.5 Å². The number of likely N-dealkylation sites (tertiary alicyclic amines) is 1. The summed E-state index contributed by atoms with van der Waals surface area (Å²) in [5.74, 6) is 2.25. The molecular weight excluding hydrogens is 328 g/mol. The van der Waals surface area contributed by atoms with E-state index in [2.05, 4.69) is 6.92 Å². The first-order chi connectivity index (χ1) is 11.1. The van der Waals surface area contributed by atoms with Crippen LogP contribution in [0.15, 0.2) is 18.2 Å². The van der Waals surface area contributed by atoms with Gasteiger partial charge in [0.15, 0.2) is 11.5 Å². The molecule has 0 saturated carbocycles. The maximum absolute atomic E-state index is 12.5. The minimum absolute atomic E-state index is 0. The molecule has 24 heavy (non-hydrogen) atoms. The van der Waals surface area contributed by atoms with Crippen molar-refractivity contribution in [3.8, 4) is 11.5 Å². The molecule has 1 aliphatic heterocycles. The topological polar surface area (TPSA) is 64.8 Å². The maximum Gasteiger partial charge on any atom is 0.223 e. The molecule has 0 spiro atoms. The zero-order valence-corrected chi connectivity index (χ0v) is 15.6. The Morgan fingerprint density at radius 1 is 1.29 bits per heavy atom. The quantitative estimate of drug-likeness (QED) is 0.851. The highest BCUT2D eigenvalue weighted by molar-refractivity contribution is 5.85. The summed E-state index contributed by atoms with van der Waals surface area (Å²) >= 11 is 0. The van der Waals surface area contributed by atoms with Crippen molar-refractivity contribution >= 4 is 18.3 Å². The third-order valence-electron chi connectivity index (χ3n) is 4.65. The average Bonchev–Trinajstić information content (AvgIpc) is 2.59. The van der Waals surface area contributed by atoms with E-state index < -0.39 is 0 Å². The average molecular weight is 357 g/mol. The van der Waals surface area contributed by atoms with Crippen molar-refractivity contribution in [2.24, 2.45) is 11.7 Å². The SMILES string of the molecule is COc1ccc(CCC(=O)N2CCC(C)CC2CN)cc1OC.Cl. The molecule has 1 aromatic carbocycles. The molecule has 6 heteroatoms. The van der Waals surface area contributed by atoms with Crippen molar-refractivity contribution in [1.82, 2.24) is 4.90 Å². The van der Waals surface area contributed by atoms with Gasteiger partial charge in [0.2, 0.25) is 5.91 Å². The van der Waals surface area contributed by atoms with Crippen LogP contribution in [0, 0.1) is 5.92 Å². The lowest BCUT2D eigenvalue weighted by Gasteiger charge is -2.38. The highest BCUT2D eigenvalue weighted by Crippen LogP contribution is 2.28. The summed E-state index contributed by atoms with van der Waals surface area (Å²) in [5.41, 5.74) is 6.92. The molecule has 2 rings (SSSR count). The second-order valence-corrected chi connectivity index (χ2v) is 6.30. The number of hydrogen-bond acceptors (Lipinski definition) is 4. The van der Waals surface area contributed by atoms with Crippen LogP contribution in [0.25, 0.3) is 0 Å². The molecule has 1 aromatic rings. The minimum Gasteiger partial charge on any atom is -0.493 e. The molecule has 1 fully saturated rings. The fourth-order valence-electron chi connectivity index (χ4n) is 3.23. The molecule has 2 N–H and O–H groups in total. The Hall–Kier alpha value is -1.46. The number of rotatable bonds is 6. The van der Waals surface area contributed by atoms with Crippen LogP contribution >= 0.6 is 12.4 Å². The molecule has 2 unspecified atom stereocenters. The van der Waals surface area contributed by atoms with Gasteiger partial charge < -0.3 is 20.1 Å². The molecule has 1 aliphatic rings. The van der Waals surface area contributed by atoms with Gasteiger partial charge in [0.05, 0.1) is 14.2 Å². The number of carbonyl (C=O) groups is 1.